The van der Waals surface area contributed by atoms with E-state index in [4.69, 9.17) is 0 Å². The van der Waals surface area contributed by atoms with Crippen molar-refractivity contribution in [3.63, 3.8) is 0 Å². The monoisotopic (exact) mass is 365 g/mol. The summed E-state index contributed by atoms with van der Waals surface area (Å²) in [6, 6.07) is 33.7. The summed E-state index contributed by atoms with van der Waals surface area (Å²) in [6.07, 6.45) is 0. The van der Waals surface area contributed by atoms with Crippen molar-refractivity contribution in [3.8, 4) is 11.1 Å². The van der Waals surface area contributed by atoms with Crippen LogP contribution in [0.4, 0.5) is 0 Å². The predicted molar refractivity (Wildman–Crippen MR) is 118 cm³/mol. The lowest BCUT2D eigenvalue weighted by Gasteiger charge is -2.08. The van der Waals surface area contributed by atoms with Crippen molar-refractivity contribution >= 4 is 34.4 Å². The molecule has 1 heterocycles. The molecule has 0 fully saturated rings. The van der Waals surface area contributed by atoms with Crippen LogP contribution in [-0.4, -0.2) is 22.2 Å². The average Bonchev–Trinajstić information content (AvgIpc) is 3.14. The molecule has 0 unspecified atom stereocenters. The molecule has 28 heavy (non-hydrogen) atoms. The van der Waals surface area contributed by atoms with Crippen molar-refractivity contribution in [1.29, 1.82) is 0 Å². The number of nitrogens with one attached hydrogen (secondary N) is 1. The van der Waals surface area contributed by atoms with Crippen LogP contribution >= 0.6 is 0 Å². The van der Waals surface area contributed by atoms with Gasteiger partial charge in [-0.25, -0.2) is 0 Å². The standard InChI is InChI=1S/C18H14BNO2.C6H6/c21-19(22)13-10-15(12-6-2-1-3-7-12)18-16(11-13)14-8-4-5-9-17(14)20-18;1-2-4-6-5-3-1/h1-11,20-22H;1-6H. The van der Waals surface area contributed by atoms with E-state index in [1.54, 1.807) is 0 Å². The van der Waals surface area contributed by atoms with Crippen molar-refractivity contribution in [2.45, 2.75) is 0 Å². The number of hydrogen-bond donors (Lipinski definition) is 3. The van der Waals surface area contributed by atoms with Gasteiger partial charge in [-0.05, 0) is 17.1 Å². The molecule has 5 aromatic rings. The first-order valence-corrected chi connectivity index (χ1v) is 9.20. The largest absolute Gasteiger partial charge is 0.488 e. The average molecular weight is 365 g/mol. The minimum atomic E-state index is -1.49. The molecule has 0 bridgehead atoms. The Labute approximate surface area is 164 Å². The van der Waals surface area contributed by atoms with E-state index in [9.17, 15) is 10.0 Å². The van der Waals surface area contributed by atoms with Gasteiger partial charge in [-0.2, -0.15) is 0 Å². The van der Waals surface area contributed by atoms with Crippen LogP contribution < -0.4 is 5.46 Å². The minimum absolute atomic E-state index is 0.496. The summed E-state index contributed by atoms with van der Waals surface area (Å²) in [4.78, 5) is 3.45. The first-order valence-electron chi connectivity index (χ1n) is 9.20. The fourth-order valence-corrected chi connectivity index (χ4v) is 3.35. The molecule has 0 atom stereocenters. The molecule has 0 radical (unpaired) electrons. The molecule has 4 aromatic carbocycles. The van der Waals surface area contributed by atoms with Crippen molar-refractivity contribution in [2.24, 2.45) is 0 Å². The van der Waals surface area contributed by atoms with Gasteiger partial charge >= 0.3 is 7.12 Å². The maximum Gasteiger partial charge on any atom is 0.488 e. The third-order valence-electron chi connectivity index (χ3n) is 4.69. The Kier molecular flexibility index (Phi) is 5.24. The van der Waals surface area contributed by atoms with Crippen LogP contribution in [0.5, 0.6) is 0 Å². The van der Waals surface area contributed by atoms with Gasteiger partial charge in [0.25, 0.3) is 0 Å². The summed E-state index contributed by atoms with van der Waals surface area (Å²) in [5, 5.41) is 21.3. The van der Waals surface area contributed by atoms with Gasteiger partial charge in [0.2, 0.25) is 0 Å². The molecule has 0 aliphatic carbocycles. The zero-order valence-corrected chi connectivity index (χ0v) is 15.3. The first kappa shape index (κ1) is 18.0. The van der Waals surface area contributed by atoms with Gasteiger partial charge in [0.15, 0.2) is 0 Å². The van der Waals surface area contributed by atoms with Crippen LogP contribution in [0.15, 0.2) is 103 Å². The normalized spacial score (nSPS) is 10.5. The smallest absolute Gasteiger partial charge is 0.423 e. The van der Waals surface area contributed by atoms with E-state index in [0.29, 0.717) is 5.46 Å². The van der Waals surface area contributed by atoms with E-state index in [1.165, 1.54) is 0 Å². The minimum Gasteiger partial charge on any atom is -0.423 e. The van der Waals surface area contributed by atoms with Gasteiger partial charge in [0.05, 0.1) is 5.52 Å². The number of rotatable bonds is 2. The molecular weight excluding hydrogens is 345 g/mol. The van der Waals surface area contributed by atoms with Gasteiger partial charge in [0.1, 0.15) is 0 Å². The van der Waals surface area contributed by atoms with E-state index in [-0.39, 0.29) is 0 Å². The molecule has 136 valence electrons. The number of benzene rings is 4. The highest BCUT2D eigenvalue weighted by Crippen LogP contribution is 2.32. The maximum atomic E-state index is 9.61. The molecule has 0 aliphatic heterocycles. The zero-order chi connectivity index (χ0) is 19.3. The summed E-state index contributed by atoms with van der Waals surface area (Å²) >= 11 is 0. The summed E-state index contributed by atoms with van der Waals surface area (Å²) < 4.78 is 0. The Balaban J connectivity index is 0.000000275. The Morgan fingerprint density at radius 1 is 0.607 bits per heavy atom. The van der Waals surface area contributed by atoms with E-state index in [0.717, 1.165) is 32.9 Å². The predicted octanol–water partition coefficient (Wildman–Crippen LogP) is 4.35. The maximum absolute atomic E-state index is 9.61. The number of hydrogen-bond acceptors (Lipinski definition) is 2. The molecule has 0 amide bonds. The highest BCUT2D eigenvalue weighted by Gasteiger charge is 2.17. The van der Waals surface area contributed by atoms with Gasteiger partial charge in [0, 0.05) is 21.9 Å². The molecule has 3 N–H and O–H groups in total. The van der Waals surface area contributed by atoms with Crippen LogP contribution in [0.1, 0.15) is 0 Å². The summed E-state index contributed by atoms with van der Waals surface area (Å²) in [5.74, 6) is 0. The Morgan fingerprint density at radius 3 is 1.82 bits per heavy atom. The third kappa shape index (κ3) is 3.69. The quantitative estimate of drug-likeness (QED) is 0.407. The second-order valence-corrected chi connectivity index (χ2v) is 6.56. The number of aromatic amines is 1. The molecule has 4 heteroatoms. The summed E-state index contributed by atoms with van der Waals surface area (Å²) in [7, 11) is -1.49. The van der Waals surface area contributed by atoms with Gasteiger partial charge < -0.3 is 15.0 Å². The molecule has 0 saturated carbocycles. The zero-order valence-electron chi connectivity index (χ0n) is 15.3. The van der Waals surface area contributed by atoms with Gasteiger partial charge in [-0.3, -0.25) is 0 Å². The fraction of sp³-hybridized carbons (Fsp3) is 0. The third-order valence-corrected chi connectivity index (χ3v) is 4.69. The Hall–Kier alpha value is -3.34. The van der Waals surface area contributed by atoms with E-state index >= 15 is 0 Å². The fourth-order valence-electron chi connectivity index (χ4n) is 3.35. The van der Waals surface area contributed by atoms with Crippen LogP contribution in [0.2, 0.25) is 0 Å². The van der Waals surface area contributed by atoms with Crippen LogP contribution in [0.25, 0.3) is 32.9 Å². The van der Waals surface area contributed by atoms with Crippen LogP contribution in [-0.2, 0) is 0 Å². The number of para-hydroxylation sites is 1. The molecule has 0 spiro atoms. The molecule has 0 saturated heterocycles. The van der Waals surface area contributed by atoms with Crippen molar-refractivity contribution in [2.75, 3.05) is 0 Å². The van der Waals surface area contributed by atoms with Gasteiger partial charge in [-0.1, -0.05) is 97.1 Å². The second kappa shape index (κ2) is 8.13. The number of H-pyrrole nitrogens is 1. The van der Waals surface area contributed by atoms with E-state index < -0.39 is 7.12 Å². The molecule has 5 rings (SSSR count). The Bertz CT molecular complexity index is 1160. The highest BCUT2D eigenvalue weighted by molar-refractivity contribution is 6.59. The van der Waals surface area contributed by atoms with Crippen molar-refractivity contribution in [1.82, 2.24) is 4.98 Å². The molecular formula is C24H20BNO2. The van der Waals surface area contributed by atoms with Crippen molar-refractivity contribution < 1.29 is 10.0 Å². The second-order valence-electron chi connectivity index (χ2n) is 6.56. The number of fused-ring (bicyclic) bond motifs is 3. The van der Waals surface area contributed by atoms with Crippen LogP contribution in [0, 0.1) is 0 Å². The van der Waals surface area contributed by atoms with E-state index in [2.05, 4.69) is 4.98 Å². The number of aromatic nitrogens is 1. The topological polar surface area (TPSA) is 56.2 Å². The van der Waals surface area contributed by atoms with Crippen LogP contribution in [0.3, 0.4) is 0 Å². The summed E-state index contributed by atoms with van der Waals surface area (Å²) in [6.45, 7) is 0. The lowest BCUT2D eigenvalue weighted by atomic mass is 9.78. The molecule has 0 aliphatic rings. The Morgan fingerprint density at radius 2 is 1.18 bits per heavy atom. The van der Waals surface area contributed by atoms with E-state index in [1.807, 2.05) is 103 Å². The van der Waals surface area contributed by atoms with Gasteiger partial charge in [-0.15, -0.1) is 0 Å². The summed E-state index contributed by atoms with van der Waals surface area (Å²) in [5.41, 5.74) is 4.56. The molecule has 1 aromatic heterocycles. The lowest BCUT2D eigenvalue weighted by Crippen LogP contribution is -2.29. The highest BCUT2D eigenvalue weighted by atomic mass is 16.4. The first-order chi connectivity index (χ1) is 13.7. The van der Waals surface area contributed by atoms with Crippen molar-refractivity contribution in [3.05, 3.63) is 103 Å². The lowest BCUT2D eigenvalue weighted by molar-refractivity contribution is 0.426. The molecule has 3 nitrogen and oxygen atoms in total. The SMILES string of the molecule is OB(O)c1cc(-c2ccccc2)c2[nH]c3ccccc3c2c1.c1ccccc1.